The molecular formula is C20H21BrClNO3S. The van der Waals surface area contributed by atoms with Crippen LogP contribution in [0.3, 0.4) is 0 Å². The number of thioether (sulfide) groups is 1. The monoisotopic (exact) mass is 469 g/mol. The molecule has 7 heteroatoms. The van der Waals surface area contributed by atoms with Crippen molar-refractivity contribution in [3.63, 3.8) is 0 Å². The summed E-state index contributed by atoms with van der Waals surface area (Å²) in [5.74, 6) is 1.91. The number of nitrogens with zero attached hydrogens (tertiary/aromatic N) is 1. The maximum atomic E-state index is 12.6. The predicted octanol–water partition coefficient (Wildman–Crippen LogP) is 6.07. The Morgan fingerprint density at radius 1 is 1.19 bits per heavy atom. The second kappa shape index (κ2) is 9.22. The Bertz CT molecular complexity index is 816. The van der Waals surface area contributed by atoms with E-state index in [0.717, 1.165) is 22.1 Å². The Kier molecular flexibility index (Phi) is 6.95. The highest BCUT2D eigenvalue weighted by atomic mass is 79.9. The molecule has 1 aliphatic heterocycles. The van der Waals surface area contributed by atoms with Gasteiger partial charge in [-0.05, 0) is 49.7 Å². The van der Waals surface area contributed by atoms with Gasteiger partial charge in [0.1, 0.15) is 5.37 Å². The number of amides is 1. The van der Waals surface area contributed by atoms with Crippen molar-refractivity contribution in [2.75, 3.05) is 23.9 Å². The molecule has 1 fully saturated rings. The molecule has 1 heterocycles. The minimum Gasteiger partial charge on any atom is -0.490 e. The Hall–Kier alpha value is -1.37. The maximum Gasteiger partial charge on any atom is 0.238 e. The van der Waals surface area contributed by atoms with Gasteiger partial charge in [-0.3, -0.25) is 9.69 Å². The lowest BCUT2D eigenvalue weighted by molar-refractivity contribution is -0.115. The Morgan fingerprint density at radius 2 is 1.89 bits per heavy atom. The van der Waals surface area contributed by atoms with Gasteiger partial charge >= 0.3 is 0 Å². The highest BCUT2D eigenvalue weighted by Crippen LogP contribution is 2.47. The molecule has 3 rings (SSSR count). The van der Waals surface area contributed by atoms with E-state index in [4.69, 9.17) is 21.1 Å². The molecule has 1 saturated heterocycles. The second-order valence-corrected chi connectivity index (χ2v) is 8.36. The summed E-state index contributed by atoms with van der Waals surface area (Å²) in [4.78, 5) is 14.4. The number of rotatable bonds is 7. The quantitative estimate of drug-likeness (QED) is 0.492. The summed E-state index contributed by atoms with van der Waals surface area (Å²) in [7, 11) is 0. The molecule has 1 aliphatic rings. The van der Waals surface area contributed by atoms with E-state index in [1.54, 1.807) is 23.9 Å². The van der Waals surface area contributed by atoms with Gasteiger partial charge in [-0.15, -0.1) is 11.8 Å². The van der Waals surface area contributed by atoms with E-state index in [1.165, 1.54) is 0 Å². The van der Waals surface area contributed by atoms with E-state index >= 15 is 0 Å². The number of hydrogen-bond donors (Lipinski definition) is 0. The maximum absolute atomic E-state index is 12.6. The molecule has 1 amide bonds. The minimum absolute atomic E-state index is 0.0727. The number of benzene rings is 2. The predicted molar refractivity (Wildman–Crippen MR) is 115 cm³/mol. The SMILES string of the molecule is CCCOc1cc(Br)c([C@@H]2SCC(=O)N2c2ccc(Cl)cc2)cc1OCC. The van der Waals surface area contributed by atoms with Crippen LogP contribution in [0.2, 0.25) is 5.02 Å². The first kappa shape index (κ1) is 20.4. The van der Waals surface area contributed by atoms with Crippen LogP contribution in [-0.4, -0.2) is 24.9 Å². The second-order valence-electron chi connectivity index (χ2n) is 6.01. The molecule has 0 aromatic heterocycles. The number of carbonyl (C=O) groups excluding carboxylic acids is 1. The van der Waals surface area contributed by atoms with E-state index in [2.05, 4.69) is 22.9 Å². The van der Waals surface area contributed by atoms with E-state index in [0.29, 0.717) is 35.5 Å². The molecule has 1 atom stereocenters. The van der Waals surface area contributed by atoms with Crippen molar-refractivity contribution in [3.05, 3.63) is 51.5 Å². The highest BCUT2D eigenvalue weighted by molar-refractivity contribution is 9.10. The van der Waals surface area contributed by atoms with Crippen LogP contribution < -0.4 is 14.4 Å². The van der Waals surface area contributed by atoms with Crippen molar-refractivity contribution in [2.45, 2.75) is 25.6 Å². The first-order chi connectivity index (χ1) is 13.0. The normalized spacial score (nSPS) is 16.7. The van der Waals surface area contributed by atoms with Gasteiger partial charge in [0.2, 0.25) is 5.91 Å². The molecule has 0 aliphatic carbocycles. The van der Waals surface area contributed by atoms with Gasteiger partial charge in [0.25, 0.3) is 0 Å². The highest BCUT2D eigenvalue weighted by Gasteiger charge is 2.35. The zero-order valence-corrected chi connectivity index (χ0v) is 18.4. The lowest BCUT2D eigenvalue weighted by Crippen LogP contribution is -2.28. The van der Waals surface area contributed by atoms with Gasteiger partial charge in [0, 0.05) is 20.7 Å². The molecule has 0 radical (unpaired) electrons. The van der Waals surface area contributed by atoms with Gasteiger partial charge in [0.15, 0.2) is 11.5 Å². The summed E-state index contributed by atoms with van der Waals surface area (Å²) in [6.07, 6.45) is 0.919. The first-order valence-corrected chi connectivity index (χ1v) is 11.0. The zero-order chi connectivity index (χ0) is 19.4. The summed E-state index contributed by atoms with van der Waals surface area (Å²) in [6.45, 7) is 5.17. The minimum atomic E-state index is -0.146. The molecule has 4 nitrogen and oxygen atoms in total. The van der Waals surface area contributed by atoms with Crippen LogP contribution in [0, 0.1) is 0 Å². The van der Waals surface area contributed by atoms with Crippen LogP contribution in [0.1, 0.15) is 31.2 Å². The zero-order valence-electron chi connectivity index (χ0n) is 15.2. The Labute approximate surface area is 177 Å². The van der Waals surface area contributed by atoms with E-state index in [1.807, 2.05) is 36.1 Å². The van der Waals surface area contributed by atoms with E-state index < -0.39 is 0 Å². The van der Waals surface area contributed by atoms with Crippen molar-refractivity contribution >= 4 is 50.9 Å². The number of ether oxygens (including phenoxy) is 2. The fourth-order valence-corrected chi connectivity index (χ4v) is 4.89. The van der Waals surface area contributed by atoms with Gasteiger partial charge in [-0.2, -0.15) is 0 Å². The first-order valence-electron chi connectivity index (χ1n) is 8.83. The third kappa shape index (κ3) is 4.55. The van der Waals surface area contributed by atoms with Gasteiger partial charge < -0.3 is 9.47 Å². The standard InChI is InChI=1S/C20H21BrClNO3S/c1-3-9-26-18-11-16(21)15(10-17(18)25-4-2)20-23(19(24)12-27-20)14-7-5-13(22)6-8-14/h5-8,10-11,20H,3-4,9,12H2,1-2H3/t20-/m0/s1. The largest absolute Gasteiger partial charge is 0.490 e. The van der Waals surface area contributed by atoms with Crippen molar-refractivity contribution in [1.29, 1.82) is 0 Å². The lowest BCUT2D eigenvalue weighted by atomic mass is 10.1. The van der Waals surface area contributed by atoms with Crippen molar-refractivity contribution in [3.8, 4) is 11.5 Å². The van der Waals surface area contributed by atoms with Gasteiger partial charge in [-0.1, -0.05) is 34.5 Å². The third-order valence-electron chi connectivity index (χ3n) is 4.06. The van der Waals surface area contributed by atoms with Crippen molar-refractivity contribution in [1.82, 2.24) is 0 Å². The Balaban J connectivity index is 1.99. The number of anilines is 1. The van der Waals surface area contributed by atoms with Crippen LogP contribution in [0.15, 0.2) is 40.9 Å². The molecule has 2 aromatic carbocycles. The van der Waals surface area contributed by atoms with Crippen LogP contribution in [0.25, 0.3) is 0 Å². The average Bonchev–Trinajstić information content (AvgIpc) is 3.03. The average molecular weight is 471 g/mol. The molecule has 0 spiro atoms. The summed E-state index contributed by atoms with van der Waals surface area (Å²) in [5, 5.41) is 0.499. The van der Waals surface area contributed by atoms with Crippen LogP contribution in [0.4, 0.5) is 5.69 Å². The van der Waals surface area contributed by atoms with E-state index in [-0.39, 0.29) is 11.3 Å². The van der Waals surface area contributed by atoms with Crippen molar-refractivity contribution < 1.29 is 14.3 Å². The number of halogens is 2. The van der Waals surface area contributed by atoms with Crippen LogP contribution >= 0.6 is 39.3 Å². The summed E-state index contributed by atoms with van der Waals surface area (Å²) in [6, 6.07) is 11.2. The number of hydrogen-bond acceptors (Lipinski definition) is 4. The third-order valence-corrected chi connectivity index (χ3v) is 6.20. The molecule has 0 N–H and O–H groups in total. The van der Waals surface area contributed by atoms with E-state index in [9.17, 15) is 4.79 Å². The van der Waals surface area contributed by atoms with Gasteiger partial charge in [-0.25, -0.2) is 0 Å². The summed E-state index contributed by atoms with van der Waals surface area (Å²) >= 11 is 11.3. The molecule has 144 valence electrons. The Morgan fingerprint density at radius 3 is 2.56 bits per heavy atom. The van der Waals surface area contributed by atoms with Crippen LogP contribution in [0.5, 0.6) is 11.5 Å². The topological polar surface area (TPSA) is 38.8 Å². The molecule has 0 unspecified atom stereocenters. The van der Waals surface area contributed by atoms with Crippen molar-refractivity contribution in [2.24, 2.45) is 0 Å². The molecule has 2 aromatic rings. The lowest BCUT2D eigenvalue weighted by Gasteiger charge is -2.26. The summed E-state index contributed by atoms with van der Waals surface area (Å²) < 4.78 is 12.5. The summed E-state index contributed by atoms with van der Waals surface area (Å²) in [5.41, 5.74) is 1.81. The molecular weight excluding hydrogens is 450 g/mol. The smallest absolute Gasteiger partial charge is 0.238 e. The van der Waals surface area contributed by atoms with Crippen LogP contribution in [-0.2, 0) is 4.79 Å². The molecule has 0 bridgehead atoms. The molecule has 0 saturated carbocycles. The molecule has 27 heavy (non-hydrogen) atoms. The van der Waals surface area contributed by atoms with Gasteiger partial charge in [0.05, 0.1) is 19.0 Å². The number of carbonyl (C=O) groups is 1. The fourth-order valence-electron chi connectivity index (χ4n) is 2.87. The fraction of sp³-hybridized carbons (Fsp3) is 0.350.